The average Bonchev–Trinajstić information content (AvgIpc) is 2.24. The lowest BCUT2D eigenvalue weighted by Crippen LogP contribution is -2.31. The largest absolute Gasteiger partial charge is 0.314 e. The standard InChI is InChI=1S/C6H15NO7S2/c1-13-15(9,10)5-3-7(8)4-6-16(11,12)14-2/h8H,3-6H2,1-2H3. The molecule has 0 saturated carbocycles. The van der Waals surface area contributed by atoms with Crippen LogP contribution < -0.4 is 0 Å². The van der Waals surface area contributed by atoms with Gasteiger partial charge in [-0.1, -0.05) is 0 Å². The Morgan fingerprint density at radius 3 is 1.50 bits per heavy atom. The number of hydroxylamine groups is 2. The summed E-state index contributed by atoms with van der Waals surface area (Å²) in [7, 11) is -5.30. The van der Waals surface area contributed by atoms with Gasteiger partial charge in [-0.15, -0.1) is 0 Å². The maximum atomic E-state index is 10.9. The predicted octanol–water partition coefficient (Wildman–Crippen LogP) is -1.37. The molecule has 0 aromatic rings. The van der Waals surface area contributed by atoms with E-state index in [-0.39, 0.29) is 13.1 Å². The van der Waals surface area contributed by atoms with E-state index in [2.05, 4.69) is 8.37 Å². The highest BCUT2D eigenvalue weighted by molar-refractivity contribution is 7.87. The van der Waals surface area contributed by atoms with Crippen LogP contribution in [0.15, 0.2) is 0 Å². The van der Waals surface area contributed by atoms with Gasteiger partial charge in [-0.3, -0.25) is 8.37 Å². The smallest absolute Gasteiger partial charge is 0.268 e. The van der Waals surface area contributed by atoms with E-state index in [4.69, 9.17) is 5.21 Å². The van der Waals surface area contributed by atoms with Crippen molar-refractivity contribution < 1.29 is 30.4 Å². The molecule has 0 fully saturated rings. The van der Waals surface area contributed by atoms with Gasteiger partial charge in [0.05, 0.1) is 25.7 Å². The van der Waals surface area contributed by atoms with Crippen molar-refractivity contribution in [3.8, 4) is 0 Å². The third-order valence-corrected chi connectivity index (χ3v) is 4.09. The van der Waals surface area contributed by atoms with Gasteiger partial charge in [0.2, 0.25) is 0 Å². The van der Waals surface area contributed by atoms with Gasteiger partial charge >= 0.3 is 0 Å². The van der Waals surface area contributed by atoms with Gasteiger partial charge in [0.1, 0.15) is 0 Å². The lowest BCUT2D eigenvalue weighted by Gasteiger charge is -2.13. The molecule has 0 amide bonds. The van der Waals surface area contributed by atoms with E-state index in [1.807, 2.05) is 0 Å². The molecular weight excluding hydrogens is 262 g/mol. The van der Waals surface area contributed by atoms with Crippen molar-refractivity contribution >= 4 is 20.2 Å². The average molecular weight is 277 g/mol. The maximum absolute atomic E-state index is 10.9. The number of rotatable bonds is 8. The molecule has 0 bridgehead atoms. The molecule has 0 atom stereocenters. The summed E-state index contributed by atoms with van der Waals surface area (Å²) in [5, 5.41) is 9.74. The third kappa shape index (κ3) is 7.09. The van der Waals surface area contributed by atoms with Crippen molar-refractivity contribution in [1.82, 2.24) is 5.06 Å². The van der Waals surface area contributed by atoms with Crippen molar-refractivity contribution in [3.63, 3.8) is 0 Å². The third-order valence-electron chi connectivity index (χ3n) is 1.71. The number of hydrogen-bond donors (Lipinski definition) is 1. The van der Waals surface area contributed by atoms with Crippen molar-refractivity contribution in [2.75, 3.05) is 38.8 Å². The topological polar surface area (TPSA) is 110 Å². The minimum Gasteiger partial charge on any atom is -0.314 e. The summed E-state index contributed by atoms with van der Waals surface area (Å²) in [6.07, 6.45) is 0. The zero-order valence-corrected chi connectivity index (χ0v) is 10.6. The second kappa shape index (κ2) is 6.47. The molecule has 16 heavy (non-hydrogen) atoms. The van der Waals surface area contributed by atoms with Crippen LogP contribution in [0, 0.1) is 0 Å². The van der Waals surface area contributed by atoms with Gasteiger partial charge in [0.25, 0.3) is 20.2 Å². The van der Waals surface area contributed by atoms with Crippen LogP contribution in [0.5, 0.6) is 0 Å². The van der Waals surface area contributed by atoms with Crippen LogP contribution in [0.25, 0.3) is 0 Å². The Kier molecular flexibility index (Phi) is 6.36. The van der Waals surface area contributed by atoms with Crippen LogP contribution in [0.1, 0.15) is 0 Å². The van der Waals surface area contributed by atoms with E-state index >= 15 is 0 Å². The second-order valence-corrected chi connectivity index (χ2v) is 6.52. The van der Waals surface area contributed by atoms with Crippen LogP contribution in [-0.2, 0) is 28.6 Å². The molecule has 0 saturated heterocycles. The number of hydrogen-bond acceptors (Lipinski definition) is 8. The minimum absolute atomic E-state index is 0.241. The Morgan fingerprint density at radius 2 is 1.25 bits per heavy atom. The second-order valence-electron chi connectivity index (χ2n) is 2.81. The van der Waals surface area contributed by atoms with Gasteiger partial charge in [0, 0.05) is 13.1 Å². The Bertz CT molecular complexity index is 349. The normalized spacial score (nSPS) is 13.2. The molecular formula is C6H15NO7S2. The van der Waals surface area contributed by atoms with E-state index in [1.54, 1.807) is 0 Å². The van der Waals surface area contributed by atoms with Crippen LogP contribution in [-0.4, -0.2) is 65.9 Å². The summed E-state index contributed by atoms with van der Waals surface area (Å²) >= 11 is 0. The lowest BCUT2D eigenvalue weighted by molar-refractivity contribution is -0.0803. The molecule has 98 valence electrons. The molecule has 10 heteroatoms. The first-order valence-corrected chi connectivity index (χ1v) is 7.38. The van der Waals surface area contributed by atoms with E-state index in [0.717, 1.165) is 14.2 Å². The lowest BCUT2D eigenvalue weighted by atomic mass is 10.6. The molecule has 0 aliphatic heterocycles. The number of nitrogens with zero attached hydrogens (tertiary/aromatic N) is 1. The molecule has 8 nitrogen and oxygen atoms in total. The predicted molar refractivity (Wildman–Crippen MR) is 55.0 cm³/mol. The van der Waals surface area contributed by atoms with Gasteiger partial charge in [-0.2, -0.15) is 21.9 Å². The first-order chi connectivity index (χ1) is 7.22. The quantitative estimate of drug-likeness (QED) is 0.427. The fourth-order valence-electron chi connectivity index (χ4n) is 0.713. The highest BCUT2D eigenvalue weighted by Crippen LogP contribution is 1.95. The van der Waals surface area contributed by atoms with Crippen LogP contribution in [0.4, 0.5) is 0 Å². The van der Waals surface area contributed by atoms with Crippen LogP contribution in [0.2, 0.25) is 0 Å². The Balaban J connectivity index is 3.98. The summed E-state index contributed by atoms with van der Waals surface area (Å²) in [5.74, 6) is -0.847. The fraction of sp³-hybridized carbons (Fsp3) is 1.00. The summed E-state index contributed by atoms with van der Waals surface area (Å²) < 4.78 is 51.7. The minimum atomic E-state index is -3.66. The van der Waals surface area contributed by atoms with E-state index in [1.165, 1.54) is 0 Å². The van der Waals surface area contributed by atoms with Crippen molar-refractivity contribution in [3.05, 3.63) is 0 Å². The van der Waals surface area contributed by atoms with Crippen molar-refractivity contribution in [2.45, 2.75) is 0 Å². The molecule has 0 spiro atoms. The molecule has 0 aliphatic carbocycles. The van der Waals surface area contributed by atoms with E-state index in [9.17, 15) is 16.8 Å². The zero-order chi connectivity index (χ0) is 12.8. The molecule has 1 N–H and O–H groups in total. The first kappa shape index (κ1) is 15.7. The SMILES string of the molecule is COS(=O)(=O)CCN(O)CCS(=O)(=O)OC. The first-order valence-electron chi connectivity index (χ1n) is 4.23. The van der Waals surface area contributed by atoms with E-state index < -0.39 is 31.7 Å². The molecule has 0 unspecified atom stereocenters. The highest BCUT2D eigenvalue weighted by atomic mass is 32.2. The Labute approximate surface area is 95.0 Å². The zero-order valence-electron chi connectivity index (χ0n) is 8.99. The molecule has 0 aromatic heterocycles. The molecule has 0 radical (unpaired) electrons. The van der Waals surface area contributed by atoms with Gasteiger partial charge in [-0.05, 0) is 0 Å². The van der Waals surface area contributed by atoms with Crippen LogP contribution >= 0.6 is 0 Å². The summed E-state index contributed by atoms with van der Waals surface area (Å²) in [5.41, 5.74) is 0. The van der Waals surface area contributed by atoms with Crippen LogP contribution in [0.3, 0.4) is 0 Å². The summed E-state index contributed by atoms with van der Waals surface area (Å²) in [6.45, 7) is -0.481. The molecule has 0 aromatic carbocycles. The molecule has 0 rings (SSSR count). The van der Waals surface area contributed by atoms with Crippen molar-refractivity contribution in [2.24, 2.45) is 0 Å². The Hall–Kier alpha value is -0.260. The Morgan fingerprint density at radius 1 is 0.938 bits per heavy atom. The summed E-state index contributed by atoms with van der Waals surface area (Å²) in [6, 6.07) is 0. The molecule has 0 heterocycles. The monoisotopic (exact) mass is 277 g/mol. The maximum Gasteiger partial charge on any atom is 0.268 e. The highest BCUT2D eigenvalue weighted by Gasteiger charge is 2.14. The van der Waals surface area contributed by atoms with Crippen molar-refractivity contribution in [1.29, 1.82) is 0 Å². The van der Waals surface area contributed by atoms with Gasteiger partial charge in [-0.25, -0.2) is 0 Å². The summed E-state index contributed by atoms with van der Waals surface area (Å²) in [4.78, 5) is 0. The van der Waals surface area contributed by atoms with Gasteiger partial charge < -0.3 is 5.21 Å². The van der Waals surface area contributed by atoms with Gasteiger partial charge in [0.15, 0.2) is 0 Å². The fourth-order valence-corrected chi connectivity index (χ4v) is 1.91. The molecule has 0 aliphatic rings. The van der Waals surface area contributed by atoms with E-state index in [0.29, 0.717) is 5.06 Å².